The number of aliphatic hydroxyl groups is 1. The Labute approximate surface area is 138 Å². The number of carbonyl (C=O) groups excluding carboxylic acids is 1. The average Bonchev–Trinajstić information content (AvgIpc) is 2.93. The van der Waals surface area contributed by atoms with Crippen molar-refractivity contribution < 1.29 is 9.90 Å². The monoisotopic (exact) mass is 324 g/mol. The van der Waals surface area contributed by atoms with Crippen molar-refractivity contribution in [2.75, 3.05) is 19.6 Å². The van der Waals surface area contributed by atoms with E-state index in [1.165, 1.54) is 0 Å². The van der Waals surface area contributed by atoms with Gasteiger partial charge in [0.2, 0.25) is 0 Å². The number of carbonyl (C=O) groups is 1. The standard InChI is InChI=1S/C17H24N2O2.ClH/c1-11(2)17(21,12-6-4-3-5-7-12)16(20)19-10-15-13-8-18-9-14(13)15;/h3-7,11,13-15,18,21H,8-10H2,1-2H3,(H,19,20);1H. The Hall–Kier alpha value is -1.10. The maximum absolute atomic E-state index is 12.6. The number of piperidine rings is 1. The molecule has 1 aliphatic carbocycles. The van der Waals surface area contributed by atoms with Gasteiger partial charge >= 0.3 is 0 Å². The van der Waals surface area contributed by atoms with Crippen LogP contribution in [-0.4, -0.2) is 30.6 Å². The topological polar surface area (TPSA) is 61.4 Å². The predicted octanol–water partition coefficient (Wildman–Crippen LogP) is 1.53. The molecule has 2 fully saturated rings. The van der Waals surface area contributed by atoms with Crippen molar-refractivity contribution in [1.82, 2.24) is 10.6 Å². The molecule has 122 valence electrons. The number of hydrogen-bond acceptors (Lipinski definition) is 3. The quantitative estimate of drug-likeness (QED) is 0.770. The summed E-state index contributed by atoms with van der Waals surface area (Å²) in [7, 11) is 0. The summed E-state index contributed by atoms with van der Waals surface area (Å²) in [6.45, 7) is 6.57. The summed E-state index contributed by atoms with van der Waals surface area (Å²) < 4.78 is 0. The molecule has 3 rings (SSSR count). The minimum Gasteiger partial charge on any atom is -0.375 e. The Bertz CT molecular complexity index is 513. The zero-order chi connectivity index (χ0) is 15.0. The van der Waals surface area contributed by atoms with E-state index in [1.54, 1.807) is 0 Å². The zero-order valence-electron chi connectivity index (χ0n) is 13.1. The Morgan fingerprint density at radius 1 is 1.32 bits per heavy atom. The number of benzene rings is 1. The van der Waals surface area contributed by atoms with Crippen molar-refractivity contribution in [3.05, 3.63) is 35.9 Å². The maximum atomic E-state index is 12.6. The maximum Gasteiger partial charge on any atom is 0.256 e. The normalized spacial score (nSPS) is 28.5. The van der Waals surface area contributed by atoms with Crippen LogP contribution in [0.25, 0.3) is 0 Å². The van der Waals surface area contributed by atoms with Crippen LogP contribution < -0.4 is 10.6 Å². The fourth-order valence-corrected chi connectivity index (χ4v) is 3.61. The number of halogens is 1. The van der Waals surface area contributed by atoms with Gasteiger partial charge in [0.15, 0.2) is 5.60 Å². The first-order valence-corrected chi connectivity index (χ1v) is 7.82. The zero-order valence-corrected chi connectivity index (χ0v) is 13.9. The van der Waals surface area contributed by atoms with Gasteiger partial charge in [0.25, 0.3) is 5.91 Å². The molecule has 0 aromatic heterocycles. The average molecular weight is 325 g/mol. The molecule has 3 atom stereocenters. The van der Waals surface area contributed by atoms with Gasteiger partial charge in [-0.3, -0.25) is 4.79 Å². The molecule has 22 heavy (non-hydrogen) atoms. The molecule has 1 aliphatic heterocycles. The third-order valence-electron chi connectivity index (χ3n) is 5.16. The summed E-state index contributed by atoms with van der Waals surface area (Å²) in [4.78, 5) is 12.6. The molecule has 2 aliphatic rings. The first kappa shape index (κ1) is 17.3. The minimum absolute atomic E-state index is 0. The van der Waals surface area contributed by atoms with Crippen molar-refractivity contribution in [3.63, 3.8) is 0 Å². The van der Waals surface area contributed by atoms with Gasteiger partial charge in [-0.2, -0.15) is 0 Å². The van der Waals surface area contributed by atoms with Gasteiger partial charge in [-0.05, 0) is 42.3 Å². The number of nitrogens with one attached hydrogen (secondary N) is 2. The van der Waals surface area contributed by atoms with Crippen LogP contribution in [-0.2, 0) is 10.4 Å². The summed E-state index contributed by atoms with van der Waals surface area (Å²) in [6.07, 6.45) is 0. The van der Waals surface area contributed by atoms with E-state index in [1.807, 2.05) is 44.2 Å². The molecule has 1 aromatic carbocycles. The van der Waals surface area contributed by atoms with Crippen LogP contribution in [0.1, 0.15) is 19.4 Å². The third kappa shape index (κ3) is 2.87. The highest BCUT2D eigenvalue weighted by Gasteiger charge is 2.53. The molecule has 4 nitrogen and oxygen atoms in total. The van der Waals surface area contributed by atoms with Gasteiger partial charge < -0.3 is 15.7 Å². The first-order valence-electron chi connectivity index (χ1n) is 7.82. The van der Waals surface area contributed by atoms with E-state index in [0.29, 0.717) is 29.9 Å². The molecule has 1 saturated heterocycles. The first-order chi connectivity index (χ1) is 10.0. The van der Waals surface area contributed by atoms with Crippen LogP contribution in [0.5, 0.6) is 0 Å². The van der Waals surface area contributed by atoms with Gasteiger partial charge in [0.05, 0.1) is 0 Å². The van der Waals surface area contributed by atoms with Gasteiger partial charge in [-0.1, -0.05) is 44.2 Å². The highest BCUT2D eigenvalue weighted by atomic mass is 35.5. The second-order valence-corrected chi connectivity index (χ2v) is 6.65. The molecular formula is C17H25ClN2O2. The number of fused-ring (bicyclic) bond motifs is 1. The van der Waals surface area contributed by atoms with E-state index in [4.69, 9.17) is 0 Å². The third-order valence-corrected chi connectivity index (χ3v) is 5.16. The minimum atomic E-state index is -1.45. The molecule has 3 N–H and O–H groups in total. The second-order valence-electron chi connectivity index (χ2n) is 6.65. The molecule has 1 amide bonds. The lowest BCUT2D eigenvalue weighted by molar-refractivity contribution is -0.146. The molecule has 5 heteroatoms. The van der Waals surface area contributed by atoms with Gasteiger partial charge in [0.1, 0.15) is 0 Å². The summed E-state index contributed by atoms with van der Waals surface area (Å²) in [5.74, 6) is 1.56. The van der Waals surface area contributed by atoms with Crippen LogP contribution >= 0.6 is 12.4 Å². The van der Waals surface area contributed by atoms with Crippen LogP contribution in [0.4, 0.5) is 0 Å². The van der Waals surface area contributed by atoms with Crippen LogP contribution in [0.2, 0.25) is 0 Å². The van der Waals surface area contributed by atoms with E-state index in [0.717, 1.165) is 13.1 Å². The summed E-state index contributed by atoms with van der Waals surface area (Å²) in [5, 5.41) is 17.3. The van der Waals surface area contributed by atoms with E-state index in [-0.39, 0.29) is 24.2 Å². The Kier molecular flexibility index (Phi) is 5.15. The van der Waals surface area contributed by atoms with Crippen LogP contribution in [0.3, 0.4) is 0 Å². The Morgan fingerprint density at radius 2 is 1.91 bits per heavy atom. The molecule has 1 heterocycles. The van der Waals surface area contributed by atoms with Gasteiger partial charge in [-0.25, -0.2) is 0 Å². The molecule has 0 bridgehead atoms. The molecule has 0 radical (unpaired) electrons. The summed E-state index contributed by atoms with van der Waals surface area (Å²) in [5.41, 5.74) is -0.793. The van der Waals surface area contributed by atoms with E-state index in [9.17, 15) is 9.90 Å². The summed E-state index contributed by atoms with van der Waals surface area (Å²) in [6, 6.07) is 9.23. The van der Waals surface area contributed by atoms with E-state index < -0.39 is 5.60 Å². The number of rotatable bonds is 5. The van der Waals surface area contributed by atoms with Crippen molar-refractivity contribution in [3.8, 4) is 0 Å². The van der Waals surface area contributed by atoms with Crippen molar-refractivity contribution >= 4 is 18.3 Å². The second kappa shape index (κ2) is 6.57. The largest absolute Gasteiger partial charge is 0.375 e. The van der Waals surface area contributed by atoms with Crippen molar-refractivity contribution in [2.45, 2.75) is 19.4 Å². The van der Waals surface area contributed by atoms with Gasteiger partial charge in [0, 0.05) is 6.54 Å². The summed E-state index contributed by atoms with van der Waals surface area (Å²) >= 11 is 0. The number of amides is 1. The van der Waals surface area contributed by atoms with Crippen molar-refractivity contribution in [2.24, 2.45) is 23.7 Å². The highest BCUT2D eigenvalue weighted by Crippen LogP contribution is 2.48. The molecular weight excluding hydrogens is 300 g/mol. The Balaban J connectivity index is 0.00000176. The SMILES string of the molecule is CC(C)C(O)(C(=O)NCC1C2CNCC21)c1ccccc1.Cl. The molecule has 1 aromatic rings. The highest BCUT2D eigenvalue weighted by molar-refractivity contribution is 5.86. The Morgan fingerprint density at radius 3 is 2.45 bits per heavy atom. The number of hydrogen-bond donors (Lipinski definition) is 3. The lowest BCUT2D eigenvalue weighted by atomic mass is 9.82. The fraction of sp³-hybridized carbons (Fsp3) is 0.588. The predicted molar refractivity (Wildman–Crippen MR) is 88.8 cm³/mol. The molecule has 0 spiro atoms. The van der Waals surface area contributed by atoms with Crippen LogP contribution in [0, 0.1) is 23.7 Å². The molecule has 3 unspecified atom stereocenters. The van der Waals surface area contributed by atoms with E-state index >= 15 is 0 Å². The molecule has 1 saturated carbocycles. The van der Waals surface area contributed by atoms with E-state index in [2.05, 4.69) is 10.6 Å². The smallest absolute Gasteiger partial charge is 0.256 e. The van der Waals surface area contributed by atoms with Crippen molar-refractivity contribution in [1.29, 1.82) is 0 Å². The fourth-order valence-electron chi connectivity index (χ4n) is 3.61. The lowest BCUT2D eigenvalue weighted by Crippen LogP contribution is -2.48. The van der Waals surface area contributed by atoms with Crippen LogP contribution in [0.15, 0.2) is 30.3 Å². The van der Waals surface area contributed by atoms with Gasteiger partial charge in [-0.15, -0.1) is 12.4 Å². The lowest BCUT2D eigenvalue weighted by Gasteiger charge is -2.31.